The third kappa shape index (κ3) is 10.6. The molecule has 0 aliphatic heterocycles. The number of sulfonamides is 2. The van der Waals surface area contributed by atoms with Gasteiger partial charge in [-0.2, -0.15) is 13.2 Å². The number of nitrogens with two attached hydrogens (primary N) is 1. The number of carbonyl (C=O) groups excluding carboxylic acids is 1. The fraction of sp³-hybridized carbons (Fsp3) is 0.242. The Balaban J connectivity index is 0.000000233. The topological polar surface area (TPSA) is 183 Å². The van der Waals surface area contributed by atoms with Gasteiger partial charge in [0.1, 0.15) is 0 Å². The van der Waals surface area contributed by atoms with Crippen molar-refractivity contribution in [3.63, 3.8) is 0 Å². The summed E-state index contributed by atoms with van der Waals surface area (Å²) in [6.07, 6.45) is 0.172. The molecular formula is C33H34F3N7O6S2. The number of aromatic nitrogens is 4. The predicted octanol–water partition coefficient (Wildman–Crippen LogP) is 4.92. The van der Waals surface area contributed by atoms with E-state index in [2.05, 4.69) is 24.6 Å². The van der Waals surface area contributed by atoms with E-state index in [1.807, 2.05) is 26.0 Å². The number of nitrogens with zero attached hydrogens (tertiary/aromatic N) is 6. The molecule has 18 heteroatoms. The molecule has 0 unspecified atom stereocenters. The zero-order valence-electron chi connectivity index (χ0n) is 27.9. The summed E-state index contributed by atoms with van der Waals surface area (Å²) >= 11 is 0. The van der Waals surface area contributed by atoms with Crippen LogP contribution in [0.3, 0.4) is 0 Å². The number of ketones is 1. The SMILES string of the molecule is Cc1cccc(N(Cc2ccc(-c3nnc(C(F)(F)F)o3)cn2)S(C)(=O)=O)c1.Cc1cccc(N(Cc2ccc(C(=O)CN)cn2)S(C)(=O)=O)c1. The molecule has 51 heavy (non-hydrogen) atoms. The summed E-state index contributed by atoms with van der Waals surface area (Å²) in [5, 5.41) is 6.31. The van der Waals surface area contributed by atoms with Gasteiger partial charge in [0.15, 0.2) is 5.78 Å². The molecule has 2 aromatic carbocycles. The van der Waals surface area contributed by atoms with E-state index in [4.69, 9.17) is 5.73 Å². The van der Waals surface area contributed by atoms with Gasteiger partial charge in [0.05, 0.1) is 60.5 Å². The summed E-state index contributed by atoms with van der Waals surface area (Å²) in [4.78, 5) is 19.8. The van der Waals surface area contributed by atoms with Crippen molar-refractivity contribution >= 4 is 37.2 Å². The summed E-state index contributed by atoms with van der Waals surface area (Å²) in [5.41, 5.74) is 9.78. The molecule has 13 nitrogen and oxygen atoms in total. The van der Waals surface area contributed by atoms with Crippen LogP contribution in [0.15, 0.2) is 89.6 Å². The molecule has 5 aromatic rings. The molecule has 5 rings (SSSR count). The van der Waals surface area contributed by atoms with E-state index in [0.717, 1.165) is 23.6 Å². The molecule has 0 saturated heterocycles. The van der Waals surface area contributed by atoms with E-state index in [9.17, 15) is 34.8 Å². The number of Topliss-reactive ketones (excluding diaryl/α,β-unsaturated/α-hetero) is 1. The third-order valence-electron chi connectivity index (χ3n) is 7.06. The molecule has 0 amide bonds. The lowest BCUT2D eigenvalue weighted by Gasteiger charge is -2.22. The summed E-state index contributed by atoms with van der Waals surface area (Å²) < 4.78 is 93.3. The zero-order valence-corrected chi connectivity index (χ0v) is 29.5. The number of aryl methyl sites for hydroxylation is 2. The fourth-order valence-electron chi connectivity index (χ4n) is 4.56. The van der Waals surface area contributed by atoms with E-state index in [1.54, 1.807) is 48.5 Å². The lowest BCUT2D eigenvalue weighted by molar-refractivity contribution is -0.156. The third-order valence-corrected chi connectivity index (χ3v) is 9.34. The largest absolute Gasteiger partial charge is 0.470 e. The standard InChI is InChI=1S/C17H15F3N4O3S.C16H19N3O3S/c1-11-4-3-5-14(8-11)24(28(2,25)26)10-13-7-6-12(9-21-13)15-22-23-16(27-15)17(18,19)20;1-12-4-3-5-15(8-12)19(23(2,21)22)11-14-7-6-13(10-18-14)16(20)9-17/h3-9H,10H2,1-2H3;3-8,10H,9,11,17H2,1-2H3. The van der Waals surface area contributed by atoms with Crippen molar-refractivity contribution in [2.75, 3.05) is 27.7 Å². The second-order valence-corrected chi connectivity index (χ2v) is 15.1. The molecule has 0 radical (unpaired) electrons. The molecule has 0 aliphatic rings. The molecule has 0 aliphatic carbocycles. The van der Waals surface area contributed by atoms with Crippen molar-refractivity contribution in [3.05, 3.63) is 119 Å². The number of carbonyl (C=O) groups is 1. The van der Waals surface area contributed by atoms with Crippen LogP contribution in [-0.4, -0.2) is 61.8 Å². The van der Waals surface area contributed by atoms with E-state index < -0.39 is 32.1 Å². The molecule has 3 aromatic heterocycles. The van der Waals surface area contributed by atoms with Crippen molar-refractivity contribution in [2.45, 2.75) is 33.1 Å². The molecule has 0 spiro atoms. The van der Waals surface area contributed by atoms with E-state index in [1.165, 1.54) is 33.1 Å². The number of benzene rings is 2. The van der Waals surface area contributed by atoms with Crippen LogP contribution in [0.4, 0.5) is 24.5 Å². The maximum absolute atomic E-state index is 12.6. The van der Waals surface area contributed by atoms with Crippen LogP contribution >= 0.6 is 0 Å². The summed E-state index contributed by atoms with van der Waals surface area (Å²) in [6, 6.07) is 20.4. The highest BCUT2D eigenvalue weighted by Gasteiger charge is 2.38. The van der Waals surface area contributed by atoms with Crippen LogP contribution in [0, 0.1) is 13.8 Å². The number of hydrogen-bond donors (Lipinski definition) is 1. The number of pyridine rings is 2. The van der Waals surface area contributed by atoms with Crippen LogP contribution in [0.25, 0.3) is 11.5 Å². The van der Waals surface area contributed by atoms with Crippen LogP contribution in [0.5, 0.6) is 0 Å². The van der Waals surface area contributed by atoms with E-state index in [-0.39, 0.29) is 36.9 Å². The number of halogens is 3. The minimum Gasteiger partial charge on any atom is -0.413 e. The Morgan fingerprint density at radius 2 is 1.27 bits per heavy atom. The van der Waals surface area contributed by atoms with Gasteiger partial charge in [-0.25, -0.2) is 16.8 Å². The van der Waals surface area contributed by atoms with Crippen molar-refractivity contribution in [1.29, 1.82) is 0 Å². The Morgan fingerprint density at radius 1 is 0.765 bits per heavy atom. The van der Waals surface area contributed by atoms with Gasteiger partial charge in [-0.15, -0.1) is 10.2 Å². The smallest absolute Gasteiger partial charge is 0.413 e. The Morgan fingerprint density at radius 3 is 1.65 bits per heavy atom. The van der Waals surface area contributed by atoms with Crippen molar-refractivity contribution < 1.29 is 39.2 Å². The first-order valence-corrected chi connectivity index (χ1v) is 18.7. The van der Waals surface area contributed by atoms with Gasteiger partial charge < -0.3 is 10.2 Å². The Hall–Kier alpha value is -5.20. The maximum atomic E-state index is 12.6. The molecule has 0 saturated carbocycles. The number of anilines is 2. The average Bonchev–Trinajstić information content (AvgIpc) is 3.57. The van der Waals surface area contributed by atoms with Gasteiger partial charge in [0.2, 0.25) is 25.9 Å². The summed E-state index contributed by atoms with van der Waals surface area (Å²) in [5.74, 6) is -1.98. The molecular weight excluding hydrogens is 712 g/mol. The highest BCUT2D eigenvalue weighted by Crippen LogP contribution is 2.30. The Bertz CT molecular complexity index is 2200. The zero-order chi connectivity index (χ0) is 37.6. The Kier molecular flexibility index (Phi) is 11.9. The number of alkyl halides is 3. The second kappa shape index (κ2) is 15.8. The normalized spacial score (nSPS) is 11.8. The van der Waals surface area contributed by atoms with Gasteiger partial charge in [-0.3, -0.25) is 23.4 Å². The average molecular weight is 746 g/mol. The maximum Gasteiger partial charge on any atom is 0.470 e. The quantitative estimate of drug-likeness (QED) is 0.181. The van der Waals surface area contributed by atoms with Crippen molar-refractivity contribution in [2.24, 2.45) is 5.73 Å². The van der Waals surface area contributed by atoms with E-state index >= 15 is 0 Å². The van der Waals surface area contributed by atoms with Gasteiger partial charge in [-0.1, -0.05) is 24.3 Å². The van der Waals surface area contributed by atoms with E-state index in [0.29, 0.717) is 28.3 Å². The first-order valence-electron chi connectivity index (χ1n) is 15.0. The highest BCUT2D eigenvalue weighted by atomic mass is 32.2. The lowest BCUT2D eigenvalue weighted by atomic mass is 10.2. The predicted molar refractivity (Wildman–Crippen MR) is 185 cm³/mol. The van der Waals surface area contributed by atoms with Gasteiger partial charge in [0.25, 0.3) is 0 Å². The van der Waals surface area contributed by atoms with Crippen LogP contribution in [0.2, 0.25) is 0 Å². The molecule has 0 fully saturated rings. The lowest BCUT2D eigenvalue weighted by Crippen LogP contribution is -2.29. The first kappa shape index (κ1) is 38.6. The summed E-state index contributed by atoms with van der Waals surface area (Å²) in [6.45, 7) is 3.71. The monoisotopic (exact) mass is 745 g/mol. The van der Waals surface area contributed by atoms with Crippen LogP contribution in [-0.2, 0) is 39.3 Å². The van der Waals surface area contributed by atoms with Gasteiger partial charge >= 0.3 is 12.1 Å². The Labute approximate surface area is 293 Å². The minimum atomic E-state index is -4.73. The van der Waals surface area contributed by atoms with Crippen LogP contribution < -0.4 is 14.3 Å². The van der Waals surface area contributed by atoms with Crippen molar-refractivity contribution in [3.8, 4) is 11.5 Å². The highest BCUT2D eigenvalue weighted by molar-refractivity contribution is 7.92. The molecule has 270 valence electrons. The molecule has 0 bridgehead atoms. The fourth-order valence-corrected chi connectivity index (χ4v) is 6.29. The van der Waals surface area contributed by atoms with Gasteiger partial charge in [-0.05, 0) is 73.5 Å². The van der Waals surface area contributed by atoms with Crippen LogP contribution in [0.1, 0.15) is 38.8 Å². The van der Waals surface area contributed by atoms with Gasteiger partial charge in [0, 0.05) is 18.0 Å². The number of rotatable bonds is 11. The molecule has 3 heterocycles. The minimum absolute atomic E-state index is 0.0415. The second-order valence-electron chi connectivity index (χ2n) is 11.3. The number of hydrogen-bond acceptors (Lipinski definition) is 11. The summed E-state index contributed by atoms with van der Waals surface area (Å²) in [7, 11) is -7.04. The first-order chi connectivity index (χ1) is 23.8. The van der Waals surface area contributed by atoms with Crippen molar-refractivity contribution in [1.82, 2.24) is 20.2 Å². The molecule has 0 atom stereocenters. The molecule has 2 N–H and O–H groups in total.